The summed E-state index contributed by atoms with van der Waals surface area (Å²) in [4.78, 5) is 10.8. The molecule has 0 aliphatic heterocycles. The number of hydrogen-bond donors (Lipinski definition) is 1. The average molecular weight is 354 g/mol. The topological polar surface area (TPSA) is 89.9 Å². The summed E-state index contributed by atoms with van der Waals surface area (Å²) in [5.74, 6) is -2.73. The van der Waals surface area contributed by atoms with Gasteiger partial charge >= 0.3 is 5.97 Å². The molecule has 0 unspecified atom stereocenters. The third kappa shape index (κ3) is 4.30. The zero-order chi connectivity index (χ0) is 17.7. The summed E-state index contributed by atoms with van der Waals surface area (Å²) in [6, 6.07) is 9.78. The fraction of sp³-hybridized carbons (Fsp3) is 0.188. The van der Waals surface area contributed by atoms with Crippen LogP contribution >= 0.6 is 0 Å². The molecule has 2 aromatic carbocycles. The van der Waals surface area contributed by atoms with Gasteiger partial charge in [0.05, 0.1) is 10.5 Å². The molecule has 0 spiro atoms. The monoisotopic (exact) mass is 354 g/mol. The zero-order valence-electron chi connectivity index (χ0n) is 12.7. The first-order valence-corrected chi connectivity index (χ1v) is 8.33. The first-order chi connectivity index (χ1) is 11.3. The van der Waals surface area contributed by atoms with E-state index in [4.69, 9.17) is 14.0 Å². The highest BCUT2D eigenvalue weighted by Gasteiger charge is 2.16. The lowest BCUT2D eigenvalue weighted by atomic mass is 10.2. The van der Waals surface area contributed by atoms with Crippen LogP contribution in [-0.4, -0.2) is 32.7 Å². The van der Waals surface area contributed by atoms with E-state index in [1.165, 1.54) is 24.3 Å². The fourth-order valence-corrected chi connectivity index (χ4v) is 2.75. The molecule has 0 aliphatic carbocycles. The Balaban J connectivity index is 1.95. The van der Waals surface area contributed by atoms with E-state index in [-0.39, 0.29) is 23.9 Å². The second kappa shape index (κ2) is 7.41. The van der Waals surface area contributed by atoms with Crippen LogP contribution in [0.3, 0.4) is 0 Å². The lowest BCUT2D eigenvalue weighted by Crippen LogP contribution is -2.14. The SMILES string of the molecule is Cc1ccc(S(=O)(=O)OCCOc2cccc(C(=O)O)c2F)cc1. The summed E-state index contributed by atoms with van der Waals surface area (Å²) >= 11 is 0. The molecule has 0 saturated carbocycles. The Labute approximate surface area is 138 Å². The molecule has 0 fully saturated rings. The molecule has 6 nitrogen and oxygen atoms in total. The molecule has 0 atom stereocenters. The number of carboxylic acid groups (broad SMARTS) is 1. The van der Waals surface area contributed by atoms with Gasteiger partial charge in [-0.2, -0.15) is 8.42 Å². The van der Waals surface area contributed by atoms with Crippen LogP contribution in [0.15, 0.2) is 47.4 Å². The van der Waals surface area contributed by atoms with Gasteiger partial charge in [-0.25, -0.2) is 9.18 Å². The minimum atomic E-state index is -3.93. The van der Waals surface area contributed by atoms with E-state index >= 15 is 0 Å². The van der Waals surface area contributed by atoms with Gasteiger partial charge in [-0.3, -0.25) is 4.18 Å². The Morgan fingerprint density at radius 3 is 2.42 bits per heavy atom. The normalized spacial score (nSPS) is 11.2. The van der Waals surface area contributed by atoms with Gasteiger partial charge in [0.25, 0.3) is 10.1 Å². The molecule has 2 rings (SSSR count). The van der Waals surface area contributed by atoms with Crippen LogP contribution in [0.2, 0.25) is 0 Å². The van der Waals surface area contributed by atoms with Crippen molar-refractivity contribution in [3.8, 4) is 5.75 Å². The van der Waals surface area contributed by atoms with Crippen molar-refractivity contribution in [3.05, 3.63) is 59.4 Å². The van der Waals surface area contributed by atoms with E-state index in [1.807, 2.05) is 6.92 Å². The number of carboxylic acids is 1. The molecule has 0 amide bonds. The van der Waals surface area contributed by atoms with E-state index < -0.39 is 27.5 Å². The maximum absolute atomic E-state index is 13.8. The number of carbonyl (C=O) groups is 1. The molecular formula is C16H15FO6S. The molecule has 2 aromatic rings. The Bertz CT molecular complexity index is 830. The van der Waals surface area contributed by atoms with Crippen molar-refractivity contribution in [2.24, 2.45) is 0 Å². The highest BCUT2D eigenvalue weighted by atomic mass is 32.2. The molecular weight excluding hydrogens is 339 g/mol. The molecule has 0 heterocycles. The van der Waals surface area contributed by atoms with Crippen LogP contribution in [-0.2, 0) is 14.3 Å². The lowest BCUT2D eigenvalue weighted by Gasteiger charge is -2.09. The minimum absolute atomic E-state index is 0.00663. The predicted molar refractivity (Wildman–Crippen MR) is 83.2 cm³/mol. The van der Waals surface area contributed by atoms with Gasteiger partial charge in [-0.15, -0.1) is 0 Å². The second-order valence-electron chi connectivity index (χ2n) is 4.86. The average Bonchev–Trinajstić information content (AvgIpc) is 2.53. The fourth-order valence-electron chi connectivity index (χ4n) is 1.86. The van der Waals surface area contributed by atoms with Crippen LogP contribution in [0.5, 0.6) is 5.75 Å². The molecule has 0 radical (unpaired) electrons. The van der Waals surface area contributed by atoms with Crippen LogP contribution in [0, 0.1) is 12.7 Å². The summed E-state index contributed by atoms with van der Waals surface area (Å²) in [5.41, 5.74) is 0.381. The molecule has 0 bridgehead atoms. The summed E-state index contributed by atoms with van der Waals surface area (Å²) in [5, 5.41) is 8.81. The Morgan fingerprint density at radius 1 is 1.12 bits per heavy atom. The van der Waals surface area contributed by atoms with Gasteiger partial charge < -0.3 is 9.84 Å². The van der Waals surface area contributed by atoms with E-state index in [0.29, 0.717) is 0 Å². The van der Waals surface area contributed by atoms with Crippen molar-refractivity contribution < 1.29 is 31.6 Å². The third-order valence-electron chi connectivity index (χ3n) is 3.08. The highest BCUT2D eigenvalue weighted by Crippen LogP contribution is 2.20. The third-order valence-corrected chi connectivity index (χ3v) is 4.41. The summed E-state index contributed by atoms with van der Waals surface area (Å²) < 4.78 is 47.5. The van der Waals surface area contributed by atoms with Crippen LogP contribution in [0.1, 0.15) is 15.9 Å². The van der Waals surface area contributed by atoms with Crippen molar-refractivity contribution >= 4 is 16.1 Å². The van der Waals surface area contributed by atoms with E-state index in [1.54, 1.807) is 12.1 Å². The highest BCUT2D eigenvalue weighted by molar-refractivity contribution is 7.86. The first-order valence-electron chi connectivity index (χ1n) is 6.92. The molecule has 0 saturated heterocycles. The van der Waals surface area contributed by atoms with Crippen molar-refractivity contribution in [1.29, 1.82) is 0 Å². The largest absolute Gasteiger partial charge is 0.488 e. The minimum Gasteiger partial charge on any atom is -0.488 e. The van der Waals surface area contributed by atoms with Gasteiger partial charge in [-0.05, 0) is 31.2 Å². The Hall–Kier alpha value is -2.45. The van der Waals surface area contributed by atoms with Crippen molar-refractivity contribution in [3.63, 3.8) is 0 Å². The predicted octanol–water partition coefficient (Wildman–Crippen LogP) is 2.62. The molecule has 1 N–H and O–H groups in total. The summed E-state index contributed by atoms with van der Waals surface area (Å²) in [6.07, 6.45) is 0. The summed E-state index contributed by atoms with van der Waals surface area (Å²) in [7, 11) is -3.93. The molecule has 0 aliphatic rings. The number of hydrogen-bond acceptors (Lipinski definition) is 5. The second-order valence-corrected chi connectivity index (χ2v) is 6.48. The maximum Gasteiger partial charge on any atom is 0.338 e. The van der Waals surface area contributed by atoms with E-state index in [2.05, 4.69) is 0 Å². The van der Waals surface area contributed by atoms with Gasteiger partial charge in [0.15, 0.2) is 11.6 Å². The smallest absolute Gasteiger partial charge is 0.338 e. The molecule has 24 heavy (non-hydrogen) atoms. The number of ether oxygens (including phenoxy) is 1. The lowest BCUT2D eigenvalue weighted by molar-refractivity contribution is 0.0690. The van der Waals surface area contributed by atoms with Crippen molar-refractivity contribution in [2.75, 3.05) is 13.2 Å². The maximum atomic E-state index is 13.8. The standard InChI is InChI=1S/C16H15FO6S/c1-11-5-7-12(8-6-11)24(20,21)23-10-9-22-14-4-2-3-13(15(14)17)16(18)19/h2-8H,9-10H2,1H3,(H,18,19). The number of aryl methyl sites for hydroxylation is 1. The number of rotatable bonds is 7. The Kier molecular flexibility index (Phi) is 5.53. The van der Waals surface area contributed by atoms with Crippen LogP contribution in [0.25, 0.3) is 0 Å². The summed E-state index contributed by atoms with van der Waals surface area (Å²) in [6.45, 7) is 1.23. The number of halogens is 1. The van der Waals surface area contributed by atoms with Gasteiger partial charge in [0.2, 0.25) is 0 Å². The number of benzene rings is 2. The van der Waals surface area contributed by atoms with Gasteiger partial charge in [-0.1, -0.05) is 23.8 Å². The quantitative estimate of drug-likeness (QED) is 0.607. The number of aromatic carboxylic acids is 1. The van der Waals surface area contributed by atoms with Crippen molar-refractivity contribution in [1.82, 2.24) is 0 Å². The van der Waals surface area contributed by atoms with Gasteiger partial charge in [0.1, 0.15) is 13.2 Å². The van der Waals surface area contributed by atoms with Gasteiger partial charge in [0, 0.05) is 0 Å². The van der Waals surface area contributed by atoms with Crippen LogP contribution < -0.4 is 4.74 Å². The zero-order valence-corrected chi connectivity index (χ0v) is 13.5. The first kappa shape index (κ1) is 17.9. The molecule has 128 valence electrons. The van der Waals surface area contributed by atoms with E-state index in [9.17, 15) is 17.6 Å². The molecule has 0 aromatic heterocycles. The Morgan fingerprint density at radius 2 is 1.79 bits per heavy atom. The van der Waals surface area contributed by atoms with E-state index in [0.717, 1.165) is 11.6 Å². The van der Waals surface area contributed by atoms with Crippen molar-refractivity contribution in [2.45, 2.75) is 11.8 Å². The van der Waals surface area contributed by atoms with Crippen LogP contribution in [0.4, 0.5) is 4.39 Å². The molecule has 8 heteroatoms.